The Labute approximate surface area is 149 Å². The minimum Gasteiger partial charge on any atom is -0.489 e. The second kappa shape index (κ2) is 8.17. The Bertz CT molecular complexity index is 729. The largest absolute Gasteiger partial charge is 0.489 e. The topological polar surface area (TPSA) is 49.8 Å². The first-order valence-electron chi connectivity index (χ1n) is 8.84. The van der Waals surface area contributed by atoms with E-state index in [-0.39, 0.29) is 12.0 Å². The van der Waals surface area contributed by atoms with E-state index >= 15 is 0 Å². The molecule has 1 saturated heterocycles. The van der Waals surface area contributed by atoms with Gasteiger partial charge in [-0.1, -0.05) is 36.4 Å². The Kier molecular flexibility index (Phi) is 5.71. The third-order valence-electron chi connectivity index (χ3n) is 4.66. The summed E-state index contributed by atoms with van der Waals surface area (Å²) >= 11 is 0. The molecule has 1 unspecified atom stereocenters. The van der Waals surface area contributed by atoms with Crippen molar-refractivity contribution in [1.29, 1.82) is 0 Å². The SMILES string of the molecule is Cc1ccccc1COc1cccc(CC(=O)N2CCCC(O)C2)c1. The van der Waals surface area contributed by atoms with Gasteiger partial charge in [0.05, 0.1) is 12.5 Å². The molecular formula is C21H25NO3. The lowest BCUT2D eigenvalue weighted by molar-refractivity contribution is -0.133. The van der Waals surface area contributed by atoms with E-state index in [1.54, 1.807) is 4.90 Å². The number of aliphatic hydroxyl groups excluding tert-OH is 1. The summed E-state index contributed by atoms with van der Waals surface area (Å²) in [6.45, 7) is 3.77. The van der Waals surface area contributed by atoms with Crippen LogP contribution < -0.4 is 4.74 Å². The summed E-state index contributed by atoms with van der Waals surface area (Å²) in [6, 6.07) is 15.9. The Morgan fingerprint density at radius 2 is 2.08 bits per heavy atom. The number of amides is 1. The zero-order valence-corrected chi connectivity index (χ0v) is 14.6. The minimum atomic E-state index is -0.388. The van der Waals surface area contributed by atoms with Crippen molar-refractivity contribution >= 4 is 5.91 Å². The van der Waals surface area contributed by atoms with Crippen LogP contribution in [0.1, 0.15) is 29.5 Å². The van der Waals surface area contributed by atoms with Gasteiger partial charge in [-0.05, 0) is 48.6 Å². The normalized spacial score (nSPS) is 17.4. The first kappa shape index (κ1) is 17.5. The number of hydrogen-bond acceptors (Lipinski definition) is 3. The summed E-state index contributed by atoms with van der Waals surface area (Å²) in [4.78, 5) is 14.2. The molecule has 0 aliphatic carbocycles. The van der Waals surface area contributed by atoms with Crippen LogP contribution >= 0.6 is 0 Å². The predicted octanol–water partition coefficient (Wildman–Crippen LogP) is 3.10. The van der Waals surface area contributed by atoms with Crippen molar-refractivity contribution in [2.45, 2.75) is 38.9 Å². The third-order valence-corrected chi connectivity index (χ3v) is 4.66. The average molecular weight is 339 g/mol. The molecule has 1 atom stereocenters. The lowest BCUT2D eigenvalue weighted by atomic mass is 10.1. The lowest BCUT2D eigenvalue weighted by Crippen LogP contribution is -2.42. The van der Waals surface area contributed by atoms with E-state index in [1.807, 2.05) is 36.4 Å². The summed E-state index contributed by atoms with van der Waals surface area (Å²) in [5.41, 5.74) is 3.30. The molecule has 0 bridgehead atoms. The standard InChI is InChI=1S/C21H25NO3/c1-16-6-2-3-8-18(16)15-25-20-10-4-7-17(12-20)13-21(24)22-11-5-9-19(23)14-22/h2-4,6-8,10,12,19,23H,5,9,11,13-15H2,1H3. The quantitative estimate of drug-likeness (QED) is 0.911. The van der Waals surface area contributed by atoms with Gasteiger partial charge in [0.25, 0.3) is 0 Å². The van der Waals surface area contributed by atoms with Crippen molar-refractivity contribution < 1.29 is 14.6 Å². The van der Waals surface area contributed by atoms with Crippen molar-refractivity contribution in [2.75, 3.05) is 13.1 Å². The van der Waals surface area contributed by atoms with E-state index in [2.05, 4.69) is 19.1 Å². The summed E-state index contributed by atoms with van der Waals surface area (Å²) in [7, 11) is 0. The Balaban J connectivity index is 1.59. The number of benzene rings is 2. The zero-order chi connectivity index (χ0) is 17.6. The molecule has 2 aromatic carbocycles. The Hall–Kier alpha value is -2.33. The van der Waals surface area contributed by atoms with E-state index < -0.39 is 0 Å². The van der Waals surface area contributed by atoms with Crippen molar-refractivity contribution in [3.8, 4) is 5.75 Å². The fourth-order valence-corrected chi connectivity index (χ4v) is 3.15. The molecule has 25 heavy (non-hydrogen) atoms. The van der Waals surface area contributed by atoms with E-state index in [9.17, 15) is 9.90 Å². The summed E-state index contributed by atoms with van der Waals surface area (Å²) in [5, 5.41) is 9.73. The number of ether oxygens (including phenoxy) is 1. The van der Waals surface area contributed by atoms with Crippen LogP contribution in [-0.4, -0.2) is 35.1 Å². The molecule has 1 aliphatic rings. The van der Waals surface area contributed by atoms with Crippen molar-refractivity contribution in [2.24, 2.45) is 0 Å². The number of carbonyl (C=O) groups excluding carboxylic acids is 1. The van der Waals surface area contributed by atoms with Crippen molar-refractivity contribution in [3.05, 3.63) is 65.2 Å². The first-order valence-corrected chi connectivity index (χ1v) is 8.84. The van der Waals surface area contributed by atoms with Crippen LogP contribution in [0.25, 0.3) is 0 Å². The fraction of sp³-hybridized carbons (Fsp3) is 0.381. The fourth-order valence-electron chi connectivity index (χ4n) is 3.15. The van der Waals surface area contributed by atoms with E-state index in [4.69, 9.17) is 4.74 Å². The molecule has 0 radical (unpaired) electrons. The first-order chi connectivity index (χ1) is 12.1. The molecule has 3 rings (SSSR count). The smallest absolute Gasteiger partial charge is 0.227 e. The molecule has 1 heterocycles. The van der Waals surface area contributed by atoms with Crippen LogP contribution in [0.4, 0.5) is 0 Å². The van der Waals surface area contributed by atoms with Crippen molar-refractivity contribution in [3.63, 3.8) is 0 Å². The van der Waals surface area contributed by atoms with Gasteiger partial charge in [0.2, 0.25) is 5.91 Å². The highest BCUT2D eigenvalue weighted by molar-refractivity contribution is 5.79. The van der Waals surface area contributed by atoms with E-state index in [1.165, 1.54) is 5.56 Å². The molecule has 1 N–H and O–H groups in total. The number of likely N-dealkylation sites (tertiary alicyclic amines) is 1. The van der Waals surface area contributed by atoms with Crippen LogP contribution in [-0.2, 0) is 17.8 Å². The molecule has 2 aromatic rings. The second-order valence-corrected chi connectivity index (χ2v) is 6.68. The van der Waals surface area contributed by atoms with Gasteiger partial charge in [-0.25, -0.2) is 0 Å². The Morgan fingerprint density at radius 3 is 2.88 bits per heavy atom. The highest BCUT2D eigenvalue weighted by Gasteiger charge is 2.22. The van der Waals surface area contributed by atoms with Gasteiger partial charge >= 0.3 is 0 Å². The number of nitrogens with zero attached hydrogens (tertiary/aromatic N) is 1. The van der Waals surface area contributed by atoms with Gasteiger partial charge in [-0.2, -0.15) is 0 Å². The highest BCUT2D eigenvalue weighted by atomic mass is 16.5. The molecule has 4 heteroatoms. The maximum Gasteiger partial charge on any atom is 0.227 e. The average Bonchev–Trinajstić information content (AvgIpc) is 2.61. The number of aryl methyl sites for hydroxylation is 1. The summed E-state index contributed by atoms with van der Waals surface area (Å²) < 4.78 is 5.89. The molecule has 132 valence electrons. The summed E-state index contributed by atoms with van der Waals surface area (Å²) in [5.74, 6) is 0.835. The molecule has 1 fully saturated rings. The van der Waals surface area contributed by atoms with Gasteiger partial charge in [-0.3, -0.25) is 4.79 Å². The van der Waals surface area contributed by atoms with Crippen LogP contribution in [0.2, 0.25) is 0 Å². The van der Waals surface area contributed by atoms with Gasteiger partial charge in [-0.15, -0.1) is 0 Å². The lowest BCUT2D eigenvalue weighted by Gasteiger charge is -2.30. The van der Waals surface area contributed by atoms with Crippen molar-refractivity contribution in [1.82, 2.24) is 4.90 Å². The van der Waals surface area contributed by atoms with Gasteiger partial charge in [0, 0.05) is 13.1 Å². The predicted molar refractivity (Wildman–Crippen MR) is 97.5 cm³/mol. The molecule has 4 nitrogen and oxygen atoms in total. The monoisotopic (exact) mass is 339 g/mol. The molecule has 0 aromatic heterocycles. The van der Waals surface area contributed by atoms with Gasteiger partial charge < -0.3 is 14.7 Å². The zero-order valence-electron chi connectivity index (χ0n) is 14.6. The molecular weight excluding hydrogens is 314 g/mol. The van der Waals surface area contributed by atoms with Crippen LogP contribution in [0.3, 0.4) is 0 Å². The van der Waals surface area contributed by atoms with Gasteiger partial charge in [0.1, 0.15) is 12.4 Å². The maximum absolute atomic E-state index is 12.4. The number of aliphatic hydroxyl groups is 1. The molecule has 0 spiro atoms. The number of rotatable bonds is 5. The van der Waals surface area contributed by atoms with Crippen LogP contribution in [0.15, 0.2) is 48.5 Å². The van der Waals surface area contributed by atoms with Crippen LogP contribution in [0, 0.1) is 6.92 Å². The Morgan fingerprint density at radius 1 is 1.24 bits per heavy atom. The number of β-amino-alcohol motifs (C(OH)–C–C–N with tert-alkyl or cyclic N) is 1. The number of hydrogen-bond donors (Lipinski definition) is 1. The number of carbonyl (C=O) groups is 1. The van der Waals surface area contributed by atoms with Crippen LogP contribution in [0.5, 0.6) is 5.75 Å². The highest BCUT2D eigenvalue weighted by Crippen LogP contribution is 2.18. The third kappa shape index (κ3) is 4.83. The van der Waals surface area contributed by atoms with E-state index in [0.29, 0.717) is 19.6 Å². The minimum absolute atomic E-state index is 0.0646. The molecule has 0 saturated carbocycles. The molecule has 1 amide bonds. The maximum atomic E-state index is 12.4. The molecule has 1 aliphatic heterocycles. The van der Waals surface area contributed by atoms with Gasteiger partial charge in [0.15, 0.2) is 0 Å². The number of piperidine rings is 1. The summed E-state index contributed by atoms with van der Waals surface area (Å²) in [6.07, 6.45) is 1.61. The van der Waals surface area contributed by atoms with E-state index in [0.717, 1.165) is 36.3 Å². The second-order valence-electron chi connectivity index (χ2n) is 6.68.